The van der Waals surface area contributed by atoms with Gasteiger partial charge in [-0.3, -0.25) is 0 Å². The molecule has 2 rings (SSSR count). The highest BCUT2D eigenvalue weighted by atomic mass is 35.5. The van der Waals surface area contributed by atoms with Crippen molar-refractivity contribution in [2.75, 3.05) is 0 Å². The Balaban J connectivity index is 2.46. The van der Waals surface area contributed by atoms with Gasteiger partial charge < -0.3 is 0 Å². The smallest absolute Gasteiger partial charge is 0.126 e. The summed E-state index contributed by atoms with van der Waals surface area (Å²) in [6.07, 6.45) is 2.59. The molecule has 4 heteroatoms. The zero-order valence-electron chi connectivity index (χ0n) is 8.77. The maximum atomic E-state index is 6.26. The fourth-order valence-corrected chi connectivity index (χ4v) is 2.56. The van der Waals surface area contributed by atoms with E-state index in [1.165, 1.54) is 0 Å². The van der Waals surface area contributed by atoms with E-state index in [2.05, 4.69) is 29.9 Å². The zero-order chi connectivity index (χ0) is 10.8. The minimum atomic E-state index is 0.142. The number of halogens is 1. The van der Waals surface area contributed by atoms with Gasteiger partial charge >= 0.3 is 0 Å². The second-order valence-electron chi connectivity index (χ2n) is 3.61. The molecule has 0 bridgehead atoms. The van der Waals surface area contributed by atoms with E-state index < -0.39 is 0 Å². The van der Waals surface area contributed by atoms with E-state index in [9.17, 15) is 0 Å². The van der Waals surface area contributed by atoms with E-state index in [4.69, 9.17) is 11.6 Å². The Bertz CT molecular complexity index is 455. The molecular formula is C11H13ClN2S. The molecule has 0 aliphatic carbocycles. The Kier molecular flexibility index (Phi) is 3.22. The molecule has 0 saturated carbocycles. The maximum Gasteiger partial charge on any atom is 0.126 e. The fourth-order valence-electron chi connectivity index (χ4n) is 1.70. The van der Waals surface area contributed by atoms with Gasteiger partial charge in [-0.15, -0.1) is 22.9 Å². The van der Waals surface area contributed by atoms with Gasteiger partial charge in [0.2, 0.25) is 0 Å². The molecule has 80 valence electrons. The van der Waals surface area contributed by atoms with Crippen molar-refractivity contribution in [2.24, 2.45) is 0 Å². The van der Waals surface area contributed by atoms with Crippen molar-refractivity contribution in [3.05, 3.63) is 23.5 Å². The molecule has 0 aliphatic rings. The van der Waals surface area contributed by atoms with Crippen LogP contribution in [0.15, 0.2) is 17.8 Å². The van der Waals surface area contributed by atoms with Crippen LogP contribution in [-0.2, 0) is 0 Å². The van der Waals surface area contributed by atoms with Gasteiger partial charge in [-0.25, -0.2) is 9.97 Å². The van der Waals surface area contributed by atoms with Crippen molar-refractivity contribution < 1.29 is 0 Å². The summed E-state index contributed by atoms with van der Waals surface area (Å²) in [5.74, 6) is 0.275. The quantitative estimate of drug-likeness (QED) is 0.763. The van der Waals surface area contributed by atoms with E-state index in [0.717, 1.165) is 22.3 Å². The van der Waals surface area contributed by atoms with E-state index in [1.807, 2.05) is 5.38 Å². The van der Waals surface area contributed by atoms with E-state index in [-0.39, 0.29) is 11.3 Å². The molecule has 15 heavy (non-hydrogen) atoms. The van der Waals surface area contributed by atoms with Crippen molar-refractivity contribution in [2.45, 2.75) is 31.6 Å². The van der Waals surface area contributed by atoms with Crippen molar-refractivity contribution in [1.29, 1.82) is 0 Å². The van der Waals surface area contributed by atoms with E-state index in [0.29, 0.717) is 0 Å². The minimum absolute atomic E-state index is 0.142. The predicted molar refractivity (Wildman–Crippen MR) is 65.8 cm³/mol. The van der Waals surface area contributed by atoms with Gasteiger partial charge in [0.05, 0.1) is 5.69 Å². The second kappa shape index (κ2) is 4.45. The van der Waals surface area contributed by atoms with Crippen molar-refractivity contribution in [1.82, 2.24) is 9.97 Å². The monoisotopic (exact) mass is 240 g/mol. The lowest BCUT2D eigenvalue weighted by Crippen LogP contribution is -2.10. The minimum Gasteiger partial charge on any atom is -0.240 e. The summed E-state index contributed by atoms with van der Waals surface area (Å²) in [4.78, 5) is 9.64. The van der Waals surface area contributed by atoms with Crippen molar-refractivity contribution in [3.8, 4) is 0 Å². The summed E-state index contributed by atoms with van der Waals surface area (Å²) < 4.78 is 0. The number of nitrogens with zero attached hydrogens (tertiary/aromatic N) is 2. The lowest BCUT2D eigenvalue weighted by Gasteiger charge is -2.16. The number of aromatic nitrogens is 2. The average Bonchev–Trinajstić information content (AvgIpc) is 2.74. The average molecular weight is 241 g/mol. The van der Waals surface area contributed by atoms with Crippen LogP contribution in [0.3, 0.4) is 0 Å². The van der Waals surface area contributed by atoms with Gasteiger partial charge in [0.25, 0.3) is 0 Å². The Labute approximate surface area is 98.3 Å². The fraction of sp³-hybridized carbons (Fsp3) is 0.455. The first-order valence-electron chi connectivity index (χ1n) is 5.06. The number of rotatable bonds is 3. The molecule has 0 aliphatic heterocycles. The molecule has 2 unspecified atom stereocenters. The van der Waals surface area contributed by atoms with Crippen LogP contribution in [0.5, 0.6) is 0 Å². The van der Waals surface area contributed by atoms with Gasteiger partial charge in [0.1, 0.15) is 11.2 Å². The van der Waals surface area contributed by atoms with Gasteiger partial charge in [-0.2, -0.15) is 0 Å². The molecule has 0 spiro atoms. The van der Waals surface area contributed by atoms with Gasteiger partial charge in [-0.1, -0.05) is 13.8 Å². The SMILES string of the molecule is CCC(Cl)C(C)c1ncnc2sccc12. The zero-order valence-corrected chi connectivity index (χ0v) is 10.3. The second-order valence-corrected chi connectivity index (χ2v) is 5.07. The highest BCUT2D eigenvalue weighted by Gasteiger charge is 2.18. The highest BCUT2D eigenvalue weighted by molar-refractivity contribution is 7.16. The van der Waals surface area contributed by atoms with E-state index in [1.54, 1.807) is 17.7 Å². The van der Waals surface area contributed by atoms with Crippen LogP contribution in [0.25, 0.3) is 10.2 Å². The van der Waals surface area contributed by atoms with Crippen LogP contribution >= 0.6 is 22.9 Å². The first-order valence-corrected chi connectivity index (χ1v) is 6.37. The summed E-state index contributed by atoms with van der Waals surface area (Å²) in [6.45, 7) is 4.22. The Morgan fingerprint density at radius 1 is 1.47 bits per heavy atom. The molecule has 2 aromatic rings. The first kappa shape index (κ1) is 10.8. The van der Waals surface area contributed by atoms with Crippen molar-refractivity contribution >= 4 is 33.2 Å². The van der Waals surface area contributed by atoms with E-state index >= 15 is 0 Å². The van der Waals surface area contributed by atoms with Crippen LogP contribution in [-0.4, -0.2) is 15.3 Å². The van der Waals surface area contributed by atoms with Crippen LogP contribution in [0.1, 0.15) is 31.9 Å². The molecule has 0 amide bonds. The molecule has 2 atom stereocenters. The van der Waals surface area contributed by atoms with Crippen LogP contribution in [0, 0.1) is 0 Å². The molecule has 2 aromatic heterocycles. The van der Waals surface area contributed by atoms with Crippen LogP contribution in [0.2, 0.25) is 0 Å². The third-order valence-electron chi connectivity index (χ3n) is 2.66. The molecule has 2 nitrogen and oxygen atoms in total. The molecule has 0 fully saturated rings. The summed E-state index contributed by atoms with van der Waals surface area (Å²) in [5.41, 5.74) is 1.07. The lowest BCUT2D eigenvalue weighted by molar-refractivity contribution is 0.661. The lowest BCUT2D eigenvalue weighted by atomic mass is 9.99. The largest absolute Gasteiger partial charge is 0.240 e. The van der Waals surface area contributed by atoms with Crippen LogP contribution in [0.4, 0.5) is 0 Å². The number of alkyl halides is 1. The normalized spacial score (nSPS) is 15.4. The Hall–Kier alpha value is -0.670. The molecule has 0 radical (unpaired) electrons. The predicted octanol–water partition coefficient (Wildman–Crippen LogP) is 3.81. The third kappa shape index (κ3) is 1.99. The number of hydrogen-bond donors (Lipinski definition) is 0. The summed E-state index contributed by atoms with van der Waals surface area (Å²) in [6, 6.07) is 2.07. The third-order valence-corrected chi connectivity index (χ3v) is 4.16. The summed E-state index contributed by atoms with van der Waals surface area (Å²) in [7, 11) is 0. The van der Waals surface area contributed by atoms with Gasteiger partial charge in [0.15, 0.2) is 0 Å². The maximum absolute atomic E-state index is 6.26. The molecule has 0 saturated heterocycles. The molecule has 0 N–H and O–H groups in total. The highest BCUT2D eigenvalue weighted by Crippen LogP contribution is 2.30. The Morgan fingerprint density at radius 2 is 2.27 bits per heavy atom. The van der Waals surface area contributed by atoms with Gasteiger partial charge in [0, 0.05) is 16.7 Å². The van der Waals surface area contributed by atoms with Gasteiger partial charge in [-0.05, 0) is 17.9 Å². The first-order chi connectivity index (χ1) is 7.24. The Morgan fingerprint density at radius 3 is 3.00 bits per heavy atom. The number of hydrogen-bond acceptors (Lipinski definition) is 3. The van der Waals surface area contributed by atoms with Crippen LogP contribution < -0.4 is 0 Å². The van der Waals surface area contributed by atoms with Crippen molar-refractivity contribution in [3.63, 3.8) is 0 Å². The molecule has 2 heterocycles. The number of fused-ring (bicyclic) bond motifs is 1. The standard InChI is InChI=1S/C11H13ClN2S/c1-3-9(12)7(2)10-8-4-5-15-11(8)14-6-13-10/h4-7,9H,3H2,1-2H3. The summed E-state index contributed by atoms with van der Waals surface area (Å²) >= 11 is 7.90. The number of thiophene rings is 1. The summed E-state index contributed by atoms with van der Waals surface area (Å²) in [5, 5.41) is 3.34. The molecule has 0 aromatic carbocycles. The topological polar surface area (TPSA) is 25.8 Å². The molecular weight excluding hydrogens is 228 g/mol.